The highest BCUT2D eigenvalue weighted by molar-refractivity contribution is 6.15. The van der Waals surface area contributed by atoms with E-state index in [9.17, 15) is 0 Å². The smallest absolute Gasteiger partial charge is 0.135 e. The molecule has 0 N–H and O–H groups in total. The first-order valence-electron chi connectivity index (χ1n) is 8.20. The molecule has 5 aromatic rings. The van der Waals surface area contributed by atoms with Crippen LogP contribution in [0.4, 0.5) is 0 Å². The lowest BCUT2D eigenvalue weighted by atomic mass is 9.92. The van der Waals surface area contributed by atoms with Gasteiger partial charge in [0.15, 0.2) is 0 Å². The Kier molecular flexibility index (Phi) is 2.77. The number of hydrogen-bond donors (Lipinski definition) is 0. The molecule has 0 spiro atoms. The maximum Gasteiger partial charge on any atom is 0.135 e. The van der Waals surface area contributed by atoms with Crippen LogP contribution in [0.1, 0.15) is 5.56 Å². The fourth-order valence-corrected chi connectivity index (χ4v) is 3.73. The Morgan fingerprint density at radius 2 is 1.33 bits per heavy atom. The van der Waals surface area contributed by atoms with Crippen LogP contribution < -0.4 is 0 Å². The Balaban J connectivity index is 1.98. The molecule has 0 bridgehead atoms. The van der Waals surface area contributed by atoms with Crippen molar-refractivity contribution in [3.63, 3.8) is 0 Å². The second-order valence-electron chi connectivity index (χ2n) is 6.29. The first kappa shape index (κ1) is 13.4. The highest BCUT2D eigenvalue weighted by Gasteiger charge is 2.15. The Labute approximate surface area is 140 Å². The topological polar surface area (TPSA) is 13.1 Å². The van der Waals surface area contributed by atoms with Gasteiger partial charge in [0, 0.05) is 10.9 Å². The van der Waals surface area contributed by atoms with Gasteiger partial charge < -0.3 is 4.42 Å². The van der Waals surface area contributed by atoms with Crippen LogP contribution in [-0.2, 0) is 0 Å². The van der Waals surface area contributed by atoms with E-state index in [0.717, 1.165) is 5.58 Å². The summed E-state index contributed by atoms with van der Waals surface area (Å²) in [6, 6.07) is 25.6. The second kappa shape index (κ2) is 4.97. The van der Waals surface area contributed by atoms with Crippen LogP contribution in [0.2, 0.25) is 0 Å². The molecule has 0 aliphatic heterocycles. The summed E-state index contributed by atoms with van der Waals surface area (Å²) in [4.78, 5) is 0. The summed E-state index contributed by atoms with van der Waals surface area (Å²) in [5.74, 6) is 0. The zero-order valence-corrected chi connectivity index (χ0v) is 13.4. The molecule has 4 aromatic carbocycles. The predicted molar refractivity (Wildman–Crippen MR) is 101 cm³/mol. The zero-order chi connectivity index (χ0) is 16.1. The molecular weight excluding hydrogens is 292 g/mol. The summed E-state index contributed by atoms with van der Waals surface area (Å²) in [5.41, 5.74) is 4.65. The standard InChI is InChI=1S/C23H16O/c1-15-10-11-16-6-2-4-8-18(16)22(15)20-14-24-21-13-12-17-7-3-5-9-19(17)23(20)21/h2-14H,1H3. The third-order valence-corrected chi connectivity index (χ3v) is 4.87. The molecule has 0 saturated carbocycles. The molecule has 0 atom stereocenters. The molecule has 114 valence electrons. The summed E-state index contributed by atoms with van der Waals surface area (Å²) in [7, 11) is 0. The van der Waals surface area contributed by atoms with Crippen molar-refractivity contribution < 1.29 is 4.42 Å². The minimum Gasteiger partial charge on any atom is -0.464 e. The molecule has 0 unspecified atom stereocenters. The summed E-state index contributed by atoms with van der Waals surface area (Å²) in [6.45, 7) is 2.17. The number of rotatable bonds is 1. The molecule has 0 radical (unpaired) electrons. The molecule has 0 aliphatic carbocycles. The van der Waals surface area contributed by atoms with E-state index in [-0.39, 0.29) is 0 Å². The Morgan fingerprint density at radius 3 is 2.17 bits per heavy atom. The van der Waals surface area contributed by atoms with Gasteiger partial charge >= 0.3 is 0 Å². The van der Waals surface area contributed by atoms with Gasteiger partial charge in [-0.3, -0.25) is 0 Å². The van der Waals surface area contributed by atoms with Gasteiger partial charge in [0.2, 0.25) is 0 Å². The molecule has 0 amide bonds. The van der Waals surface area contributed by atoms with Gasteiger partial charge in [-0.05, 0) is 45.7 Å². The molecular formula is C23H16O. The minimum atomic E-state index is 0.941. The van der Waals surface area contributed by atoms with Crippen LogP contribution in [0, 0.1) is 6.92 Å². The van der Waals surface area contributed by atoms with Gasteiger partial charge in [-0.25, -0.2) is 0 Å². The lowest BCUT2D eigenvalue weighted by molar-refractivity contribution is 0.617. The summed E-state index contributed by atoms with van der Waals surface area (Å²) >= 11 is 0. The highest BCUT2D eigenvalue weighted by Crippen LogP contribution is 2.40. The van der Waals surface area contributed by atoms with Crippen LogP contribution in [-0.4, -0.2) is 0 Å². The minimum absolute atomic E-state index is 0.941. The highest BCUT2D eigenvalue weighted by atomic mass is 16.3. The number of benzene rings is 4. The monoisotopic (exact) mass is 308 g/mol. The van der Waals surface area contributed by atoms with Crippen LogP contribution in [0.3, 0.4) is 0 Å². The Bertz CT molecular complexity index is 1210. The second-order valence-corrected chi connectivity index (χ2v) is 6.29. The van der Waals surface area contributed by atoms with Crippen LogP contribution >= 0.6 is 0 Å². The summed E-state index contributed by atoms with van der Waals surface area (Å²) in [5, 5.41) is 6.21. The van der Waals surface area contributed by atoms with Crippen molar-refractivity contribution >= 4 is 32.5 Å². The molecule has 5 rings (SSSR count). The Hall–Kier alpha value is -3.06. The van der Waals surface area contributed by atoms with E-state index in [1.807, 2.05) is 6.26 Å². The van der Waals surface area contributed by atoms with E-state index in [1.165, 1.54) is 43.6 Å². The summed E-state index contributed by atoms with van der Waals surface area (Å²) < 4.78 is 5.92. The average Bonchev–Trinajstić information content (AvgIpc) is 3.06. The molecule has 1 heterocycles. The SMILES string of the molecule is Cc1ccc2ccccc2c1-c1coc2ccc3ccccc3c12. The van der Waals surface area contributed by atoms with E-state index in [2.05, 4.69) is 79.7 Å². The van der Waals surface area contributed by atoms with E-state index >= 15 is 0 Å². The molecule has 1 aromatic heterocycles. The third kappa shape index (κ3) is 1.82. The average molecular weight is 308 g/mol. The number of fused-ring (bicyclic) bond motifs is 4. The van der Waals surface area contributed by atoms with Gasteiger partial charge in [-0.1, -0.05) is 66.7 Å². The van der Waals surface area contributed by atoms with E-state index in [1.54, 1.807) is 0 Å². The lowest BCUT2D eigenvalue weighted by Crippen LogP contribution is -1.86. The normalized spacial score (nSPS) is 11.5. The van der Waals surface area contributed by atoms with Crippen molar-refractivity contribution in [2.45, 2.75) is 6.92 Å². The Morgan fingerprint density at radius 1 is 0.667 bits per heavy atom. The van der Waals surface area contributed by atoms with Crippen molar-refractivity contribution in [2.75, 3.05) is 0 Å². The maximum absolute atomic E-state index is 5.92. The van der Waals surface area contributed by atoms with Gasteiger partial charge in [-0.2, -0.15) is 0 Å². The first-order chi connectivity index (χ1) is 11.8. The molecule has 1 nitrogen and oxygen atoms in total. The third-order valence-electron chi connectivity index (χ3n) is 4.87. The largest absolute Gasteiger partial charge is 0.464 e. The lowest BCUT2D eigenvalue weighted by Gasteiger charge is -2.10. The fourth-order valence-electron chi connectivity index (χ4n) is 3.73. The number of hydrogen-bond acceptors (Lipinski definition) is 1. The first-order valence-corrected chi connectivity index (χ1v) is 8.20. The van der Waals surface area contributed by atoms with Crippen LogP contribution in [0.25, 0.3) is 43.6 Å². The van der Waals surface area contributed by atoms with Gasteiger partial charge in [0.1, 0.15) is 5.58 Å². The zero-order valence-electron chi connectivity index (χ0n) is 13.4. The molecule has 24 heavy (non-hydrogen) atoms. The summed E-state index contributed by atoms with van der Waals surface area (Å²) in [6.07, 6.45) is 1.91. The number of furan rings is 1. The van der Waals surface area contributed by atoms with E-state index in [0.29, 0.717) is 0 Å². The van der Waals surface area contributed by atoms with Gasteiger partial charge in [0.25, 0.3) is 0 Å². The van der Waals surface area contributed by atoms with Gasteiger partial charge in [0.05, 0.1) is 6.26 Å². The number of aryl methyl sites for hydroxylation is 1. The van der Waals surface area contributed by atoms with Crippen molar-refractivity contribution in [1.82, 2.24) is 0 Å². The van der Waals surface area contributed by atoms with Crippen molar-refractivity contribution in [3.05, 3.63) is 84.6 Å². The van der Waals surface area contributed by atoms with Crippen molar-refractivity contribution in [3.8, 4) is 11.1 Å². The molecule has 0 fully saturated rings. The fraction of sp³-hybridized carbons (Fsp3) is 0.0435. The van der Waals surface area contributed by atoms with E-state index < -0.39 is 0 Å². The molecule has 1 heteroatoms. The molecule has 0 saturated heterocycles. The molecule has 0 aliphatic rings. The maximum atomic E-state index is 5.92. The van der Waals surface area contributed by atoms with Crippen LogP contribution in [0.5, 0.6) is 0 Å². The van der Waals surface area contributed by atoms with Crippen molar-refractivity contribution in [2.24, 2.45) is 0 Å². The van der Waals surface area contributed by atoms with E-state index in [4.69, 9.17) is 4.42 Å². The quantitative estimate of drug-likeness (QED) is 0.335. The van der Waals surface area contributed by atoms with Crippen molar-refractivity contribution in [1.29, 1.82) is 0 Å². The predicted octanol–water partition coefficient (Wildman–Crippen LogP) is 6.71. The van der Waals surface area contributed by atoms with Gasteiger partial charge in [-0.15, -0.1) is 0 Å². The van der Waals surface area contributed by atoms with Crippen LogP contribution in [0.15, 0.2) is 83.5 Å².